The van der Waals surface area contributed by atoms with Crippen molar-refractivity contribution in [3.8, 4) is 17.6 Å². The van der Waals surface area contributed by atoms with Crippen LogP contribution in [0.25, 0.3) is 0 Å². The van der Waals surface area contributed by atoms with Crippen LogP contribution in [0, 0.1) is 17.8 Å². The van der Waals surface area contributed by atoms with Crippen LogP contribution in [-0.2, 0) is 10.0 Å². The van der Waals surface area contributed by atoms with Crippen LogP contribution in [0.3, 0.4) is 0 Å². The summed E-state index contributed by atoms with van der Waals surface area (Å²) < 4.78 is 34.6. The maximum absolute atomic E-state index is 13.5. The molecule has 9 heteroatoms. The molecule has 1 amide bonds. The summed E-state index contributed by atoms with van der Waals surface area (Å²) in [4.78, 5) is 14.5. The lowest BCUT2D eigenvalue weighted by atomic mass is 10.0. The fourth-order valence-corrected chi connectivity index (χ4v) is 5.69. The van der Waals surface area contributed by atoms with Gasteiger partial charge in [-0.2, -0.15) is 4.31 Å². The summed E-state index contributed by atoms with van der Waals surface area (Å²) in [5.41, 5.74) is 1.03. The minimum atomic E-state index is -3.98. The van der Waals surface area contributed by atoms with E-state index in [1.807, 2.05) is 13.0 Å². The van der Waals surface area contributed by atoms with E-state index in [0.717, 1.165) is 0 Å². The number of aliphatic hydroxyl groups excluding tert-OH is 2. The van der Waals surface area contributed by atoms with Crippen LogP contribution in [0.15, 0.2) is 53.4 Å². The molecule has 4 atom stereocenters. The highest BCUT2D eigenvalue weighted by atomic mass is 32.2. The van der Waals surface area contributed by atoms with Crippen LogP contribution in [0.2, 0.25) is 0 Å². The van der Waals surface area contributed by atoms with E-state index in [1.54, 1.807) is 49.2 Å². The monoisotopic (exact) mass is 500 g/mol. The highest BCUT2D eigenvalue weighted by molar-refractivity contribution is 7.89. The zero-order chi connectivity index (χ0) is 25.8. The molecule has 188 valence electrons. The molecule has 35 heavy (non-hydrogen) atoms. The summed E-state index contributed by atoms with van der Waals surface area (Å²) in [7, 11) is -2.29. The van der Waals surface area contributed by atoms with Gasteiger partial charge in [0.25, 0.3) is 5.91 Å². The summed E-state index contributed by atoms with van der Waals surface area (Å²) in [6.45, 7) is 5.05. The van der Waals surface area contributed by atoms with Crippen LogP contribution >= 0.6 is 0 Å². The van der Waals surface area contributed by atoms with Gasteiger partial charge < -0.3 is 19.8 Å². The molecule has 0 aromatic heterocycles. The molecular formula is C26H32N2O6S. The van der Waals surface area contributed by atoms with E-state index in [0.29, 0.717) is 11.1 Å². The van der Waals surface area contributed by atoms with Crippen molar-refractivity contribution in [3.05, 3.63) is 59.7 Å². The number of amides is 1. The first-order valence-corrected chi connectivity index (χ1v) is 12.9. The summed E-state index contributed by atoms with van der Waals surface area (Å²) in [5, 5.41) is 19.3. The van der Waals surface area contributed by atoms with Gasteiger partial charge >= 0.3 is 0 Å². The van der Waals surface area contributed by atoms with Gasteiger partial charge in [-0.1, -0.05) is 37.0 Å². The molecule has 8 nitrogen and oxygen atoms in total. The van der Waals surface area contributed by atoms with Crippen molar-refractivity contribution in [2.45, 2.75) is 43.9 Å². The largest absolute Gasteiger partial charge is 0.487 e. The Bertz CT molecular complexity index is 1200. The maximum atomic E-state index is 13.5. The minimum Gasteiger partial charge on any atom is -0.487 e. The quantitative estimate of drug-likeness (QED) is 0.608. The number of likely N-dealkylation sites (N-methyl/N-ethyl adjacent to an activating group) is 1. The van der Waals surface area contributed by atoms with Crippen molar-refractivity contribution in [2.24, 2.45) is 5.92 Å². The molecule has 0 saturated carbocycles. The number of carbonyl (C=O) groups is 1. The van der Waals surface area contributed by atoms with Crippen molar-refractivity contribution >= 4 is 15.9 Å². The van der Waals surface area contributed by atoms with Gasteiger partial charge in [0.1, 0.15) is 22.9 Å². The normalized spacial score (nSPS) is 21.2. The third-order valence-electron chi connectivity index (χ3n) is 5.91. The lowest BCUT2D eigenvalue weighted by Crippen LogP contribution is -2.50. The van der Waals surface area contributed by atoms with E-state index < -0.39 is 28.3 Å². The van der Waals surface area contributed by atoms with Crippen molar-refractivity contribution in [3.63, 3.8) is 0 Å². The Morgan fingerprint density at radius 2 is 1.91 bits per heavy atom. The van der Waals surface area contributed by atoms with E-state index in [4.69, 9.17) is 4.74 Å². The van der Waals surface area contributed by atoms with Crippen LogP contribution in [0.4, 0.5) is 0 Å². The predicted molar refractivity (Wildman–Crippen MR) is 132 cm³/mol. The van der Waals surface area contributed by atoms with E-state index in [9.17, 15) is 23.4 Å². The number of hydrogen-bond donors (Lipinski definition) is 2. The van der Waals surface area contributed by atoms with Crippen LogP contribution < -0.4 is 4.74 Å². The second-order valence-electron chi connectivity index (χ2n) is 8.90. The minimum absolute atomic E-state index is 0.0330. The Hall–Kier alpha value is -2.90. The molecule has 0 bridgehead atoms. The highest BCUT2D eigenvalue weighted by Gasteiger charge is 2.38. The Morgan fingerprint density at radius 3 is 2.54 bits per heavy atom. The SMILES string of the molecule is C[C@@H]1CN([C@H](C)CO)S(=O)(=O)c2ccc(C#C[C@@H](C)O)cc2O[C@H]1CN(C)C(=O)c1ccccc1. The average molecular weight is 501 g/mol. The van der Waals surface area contributed by atoms with Crippen LogP contribution in [0.5, 0.6) is 5.75 Å². The third kappa shape index (κ3) is 6.21. The molecule has 0 unspecified atom stereocenters. The number of nitrogens with zero attached hydrogens (tertiary/aromatic N) is 2. The maximum Gasteiger partial charge on any atom is 0.253 e. The number of sulfonamides is 1. The zero-order valence-electron chi connectivity index (χ0n) is 20.4. The molecule has 0 saturated heterocycles. The summed E-state index contributed by atoms with van der Waals surface area (Å²) >= 11 is 0. The standard InChI is InChI=1S/C26H32N2O6S/c1-18-15-28(19(2)17-29)35(32,33)25-13-12-21(11-10-20(3)30)14-23(25)34-24(18)16-27(4)26(31)22-8-6-5-7-9-22/h5-9,12-14,18-20,24,29-30H,15-17H2,1-4H3/t18-,19-,20-,24+/m1/s1. The molecule has 2 aromatic rings. The van der Waals surface area contributed by atoms with Gasteiger partial charge in [-0.25, -0.2) is 8.42 Å². The number of benzene rings is 2. The Labute approximate surface area is 207 Å². The fraction of sp³-hybridized carbons (Fsp3) is 0.423. The Morgan fingerprint density at radius 1 is 1.23 bits per heavy atom. The first-order valence-electron chi connectivity index (χ1n) is 11.5. The second-order valence-corrected chi connectivity index (χ2v) is 10.8. The molecule has 0 fully saturated rings. The van der Waals surface area contributed by atoms with Crippen molar-refractivity contribution in [2.75, 3.05) is 26.7 Å². The highest BCUT2D eigenvalue weighted by Crippen LogP contribution is 2.34. The van der Waals surface area contributed by atoms with Gasteiger partial charge in [-0.3, -0.25) is 4.79 Å². The van der Waals surface area contributed by atoms with Gasteiger partial charge in [0, 0.05) is 36.7 Å². The molecule has 0 spiro atoms. The number of fused-ring (bicyclic) bond motifs is 1. The molecular weight excluding hydrogens is 468 g/mol. The van der Waals surface area contributed by atoms with Crippen molar-refractivity contribution in [1.82, 2.24) is 9.21 Å². The lowest BCUT2D eigenvalue weighted by molar-refractivity contribution is 0.0563. The van der Waals surface area contributed by atoms with Crippen LogP contribution in [-0.4, -0.2) is 78.7 Å². The molecule has 1 heterocycles. The van der Waals surface area contributed by atoms with E-state index in [1.165, 1.54) is 23.4 Å². The summed E-state index contributed by atoms with van der Waals surface area (Å²) in [6.07, 6.45) is -1.37. The van der Waals surface area contributed by atoms with Crippen LogP contribution in [0.1, 0.15) is 36.7 Å². The van der Waals surface area contributed by atoms with Gasteiger partial charge in [0.05, 0.1) is 13.2 Å². The number of carbonyl (C=O) groups excluding carboxylic acids is 1. The lowest BCUT2D eigenvalue weighted by Gasteiger charge is -2.37. The van der Waals surface area contributed by atoms with Gasteiger partial charge in [-0.15, -0.1) is 0 Å². The van der Waals surface area contributed by atoms with E-state index in [-0.39, 0.29) is 42.2 Å². The smallest absolute Gasteiger partial charge is 0.253 e. The topological polar surface area (TPSA) is 107 Å². The Balaban J connectivity index is 2.02. The Kier molecular flexibility index (Phi) is 8.56. The number of hydrogen-bond acceptors (Lipinski definition) is 6. The molecule has 1 aliphatic heterocycles. The molecule has 0 radical (unpaired) electrons. The molecule has 0 aliphatic carbocycles. The van der Waals surface area contributed by atoms with E-state index in [2.05, 4.69) is 11.8 Å². The van der Waals surface area contributed by atoms with Gasteiger partial charge in [-0.05, 0) is 44.2 Å². The molecule has 2 aromatic carbocycles. The summed E-state index contributed by atoms with van der Waals surface area (Å²) in [6, 6.07) is 12.8. The van der Waals surface area contributed by atoms with E-state index >= 15 is 0 Å². The molecule has 1 aliphatic rings. The first-order chi connectivity index (χ1) is 16.5. The summed E-state index contributed by atoms with van der Waals surface area (Å²) in [5.74, 6) is 5.11. The fourth-order valence-electron chi connectivity index (χ4n) is 3.86. The second kappa shape index (κ2) is 11.2. The van der Waals surface area contributed by atoms with Crippen molar-refractivity contribution < 1.29 is 28.2 Å². The van der Waals surface area contributed by atoms with Gasteiger partial charge in [0.15, 0.2) is 0 Å². The van der Waals surface area contributed by atoms with Gasteiger partial charge in [0.2, 0.25) is 10.0 Å². The predicted octanol–water partition coefficient (Wildman–Crippen LogP) is 1.96. The molecule has 3 rings (SSSR count). The third-order valence-corrected chi connectivity index (χ3v) is 7.93. The zero-order valence-corrected chi connectivity index (χ0v) is 21.2. The first kappa shape index (κ1) is 26.7. The number of ether oxygens (including phenoxy) is 1. The average Bonchev–Trinajstić information content (AvgIpc) is 2.84. The molecule has 2 N–H and O–H groups in total. The van der Waals surface area contributed by atoms with Crippen molar-refractivity contribution in [1.29, 1.82) is 0 Å². The number of rotatable bonds is 5. The number of aliphatic hydroxyl groups is 2.